The number of hydrogen-bond acceptors (Lipinski definition) is 0. The summed E-state index contributed by atoms with van der Waals surface area (Å²) in [6, 6.07) is 8.94. The molecular weight excluding hydrogens is 182 g/mol. The van der Waals surface area contributed by atoms with E-state index in [1.807, 2.05) is 0 Å². The summed E-state index contributed by atoms with van der Waals surface area (Å²) >= 11 is 0. The van der Waals surface area contributed by atoms with Gasteiger partial charge in [0.05, 0.1) is 0 Å². The molecule has 1 nitrogen and oxygen atoms in total. The normalized spacial score (nSPS) is 23.3. The van der Waals surface area contributed by atoms with E-state index in [9.17, 15) is 0 Å². The molecule has 1 aromatic heterocycles. The van der Waals surface area contributed by atoms with E-state index >= 15 is 0 Å². The molecule has 0 saturated heterocycles. The number of rotatable bonds is 0. The van der Waals surface area contributed by atoms with Crippen LogP contribution in [-0.4, -0.2) is 4.57 Å². The minimum atomic E-state index is 0.876. The Balaban J connectivity index is 2.16. The molecule has 1 aliphatic carbocycles. The summed E-state index contributed by atoms with van der Waals surface area (Å²) in [6.45, 7) is 1.25. The first-order valence-electron chi connectivity index (χ1n) is 6.05. The minimum absolute atomic E-state index is 0.876. The topological polar surface area (TPSA) is 4.93 Å². The summed E-state index contributed by atoms with van der Waals surface area (Å²) in [7, 11) is 0. The van der Waals surface area contributed by atoms with Crippen LogP contribution in [0.15, 0.2) is 24.3 Å². The van der Waals surface area contributed by atoms with Gasteiger partial charge in [-0.3, -0.25) is 0 Å². The summed E-state index contributed by atoms with van der Waals surface area (Å²) in [5, 5.41) is 1.52. The fourth-order valence-electron chi connectivity index (χ4n) is 3.59. The highest BCUT2D eigenvalue weighted by molar-refractivity contribution is 5.86. The van der Waals surface area contributed by atoms with Gasteiger partial charge in [-0.2, -0.15) is 0 Å². The van der Waals surface area contributed by atoms with Crippen molar-refractivity contribution in [2.75, 3.05) is 0 Å². The van der Waals surface area contributed by atoms with Crippen molar-refractivity contribution in [1.82, 2.24) is 4.57 Å². The predicted octanol–water partition coefficient (Wildman–Crippen LogP) is 3.46. The number of nitrogens with zero attached hydrogens (tertiary/aromatic N) is 1. The highest BCUT2D eigenvalue weighted by Gasteiger charge is 2.31. The SMILES string of the molecule is c1ccc2c(c1)c1c3n2CCC3CCC1. The van der Waals surface area contributed by atoms with Crippen molar-refractivity contribution in [3.63, 3.8) is 0 Å². The Morgan fingerprint density at radius 1 is 1.13 bits per heavy atom. The van der Waals surface area contributed by atoms with E-state index in [0.29, 0.717) is 0 Å². The van der Waals surface area contributed by atoms with Crippen molar-refractivity contribution in [3.8, 4) is 0 Å². The van der Waals surface area contributed by atoms with Crippen molar-refractivity contribution < 1.29 is 0 Å². The fourth-order valence-corrected chi connectivity index (χ4v) is 3.59. The molecule has 1 heteroatoms. The fraction of sp³-hybridized carbons (Fsp3) is 0.429. The standard InChI is InChI=1S/C14H15N/c1-2-7-13-11(5-1)12-6-3-4-10-8-9-15(13)14(10)12/h1-2,5,7,10H,3-4,6,8-9H2. The molecule has 4 rings (SSSR count). The first kappa shape index (κ1) is 7.98. The van der Waals surface area contributed by atoms with E-state index in [1.165, 1.54) is 43.1 Å². The first-order chi connectivity index (χ1) is 7.45. The molecule has 0 N–H and O–H groups in total. The lowest BCUT2D eigenvalue weighted by atomic mass is 9.86. The van der Waals surface area contributed by atoms with E-state index in [4.69, 9.17) is 0 Å². The third kappa shape index (κ3) is 0.889. The van der Waals surface area contributed by atoms with Crippen molar-refractivity contribution >= 4 is 10.9 Å². The number of hydrogen-bond donors (Lipinski definition) is 0. The van der Waals surface area contributed by atoms with E-state index < -0.39 is 0 Å². The van der Waals surface area contributed by atoms with E-state index in [-0.39, 0.29) is 0 Å². The molecule has 2 aromatic rings. The second-order valence-electron chi connectivity index (χ2n) is 4.91. The first-order valence-corrected chi connectivity index (χ1v) is 6.05. The van der Waals surface area contributed by atoms with Gasteiger partial charge in [0, 0.05) is 29.1 Å². The number of fused-ring (bicyclic) bond motifs is 3. The maximum absolute atomic E-state index is 2.58. The van der Waals surface area contributed by atoms with Gasteiger partial charge >= 0.3 is 0 Å². The zero-order valence-corrected chi connectivity index (χ0v) is 8.87. The summed E-state index contributed by atoms with van der Waals surface area (Å²) in [5.74, 6) is 0.876. The molecule has 1 aromatic carbocycles. The molecule has 2 aliphatic rings. The van der Waals surface area contributed by atoms with Gasteiger partial charge in [0.2, 0.25) is 0 Å². The Labute approximate surface area is 89.7 Å². The highest BCUT2D eigenvalue weighted by atomic mass is 15.0. The van der Waals surface area contributed by atoms with Gasteiger partial charge in [-0.1, -0.05) is 18.2 Å². The largest absolute Gasteiger partial charge is 0.344 e. The van der Waals surface area contributed by atoms with Crippen LogP contribution in [0, 0.1) is 0 Å². The minimum Gasteiger partial charge on any atom is -0.344 e. The van der Waals surface area contributed by atoms with Gasteiger partial charge < -0.3 is 4.57 Å². The van der Waals surface area contributed by atoms with Gasteiger partial charge in [0.1, 0.15) is 0 Å². The molecule has 1 atom stereocenters. The number of benzene rings is 1. The smallest absolute Gasteiger partial charge is 0.0485 e. The number of aromatic nitrogens is 1. The van der Waals surface area contributed by atoms with Gasteiger partial charge in [0.15, 0.2) is 0 Å². The quantitative estimate of drug-likeness (QED) is 0.609. The van der Waals surface area contributed by atoms with Crippen LogP contribution in [0.1, 0.15) is 36.4 Å². The van der Waals surface area contributed by atoms with Crippen LogP contribution in [0.4, 0.5) is 0 Å². The zero-order chi connectivity index (χ0) is 9.83. The Morgan fingerprint density at radius 3 is 3.07 bits per heavy atom. The molecule has 0 spiro atoms. The summed E-state index contributed by atoms with van der Waals surface area (Å²) in [5.41, 5.74) is 4.83. The van der Waals surface area contributed by atoms with Crippen molar-refractivity contribution in [2.45, 2.75) is 38.1 Å². The van der Waals surface area contributed by atoms with Gasteiger partial charge in [-0.05, 0) is 37.3 Å². The van der Waals surface area contributed by atoms with Crippen LogP contribution in [0.5, 0.6) is 0 Å². The predicted molar refractivity (Wildman–Crippen MR) is 62.2 cm³/mol. The monoisotopic (exact) mass is 197 g/mol. The second kappa shape index (κ2) is 2.66. The Hall–Kier alpha value is -1.24. The van der Waals surface area contributed by atoms with E-state index in [1.54, 1.807) is 11.3 Å². The van der Waals surface area contributed by atoms with Crippen molar-refractivity contribution in [2.24, 2.45) is 0 Å². The summed E-state index contributed by atoms with van der Waals surface area (Å²) in [6.07, 6.45) is 5.50. The second-order valence-corrected chi connectivity index (χ2v) is 4.91. The molecule has 1 aliphatic heterocycles. The van der Waals surface area contributed by atoms with E-state index in [2.05, 4.69) is 28.8 Å². The van der Waals surface area contributed by atoms with E-state index in [0.717, 1.165) is 5.92 Å². The molecule has 0 fully saturated rings. The van der Waals surface area contributed by atoms with Crippen LogP contribution in [0.25, 0.3) is 10.9 Å². The average Bonchev–Trinajstić information content (AvgIpc) is 2.85. The molecule has 0 radical (unpaired) electrons. The molecule has 0 saturated carbocycles. The third-order valence-electron chi connectivity index (χ3n) is 4.19. The van der Waals surface area contributed by atoms with Gasteiger partial charge in [-0.25, -0.2) is 0 Å². The van der Waals surface area contributed by atoms with Gasteiger partial charge in [0.25, 0.3) is 0 Å². The number of aryl methyl sites for hydroxylation is 2. The Morgan fingerprint density at radius 2 is 2.07 bits per heavy atom. The van der Waals surface area contributed by atoms with Crippen LogP contribution >= 0.6 is 0 Å². The van der Waals surface area contributed by atoms with Crippen molar-refractivity contribution in [1.29, 1.82) is 0 Å². The maximum atomic E-state index is 2.58. The molecule has 1 unspecified atom stereocenters. The van der Waals surface area contributed by atoms with Gasteiger partial charge in [-0.15, -0.1) is 0 Å². The summed E-state index contributed by atoms with van der Waals surface area (Å²) < 4.78 is 2.58. The van der Waals surface area contributed by atoms with Crippen LogP contribution < -0.4 is 0 Å². The molecule has 2 heterocycles. The van der Waals surface area contributed by atoms with Crippen molar-refractivity contribution in [3.05, 3.63) is 35.5 Å². The Bertz CT molecular complexity index is 521. The van der Waals surface area contributed by atoms with Crippen LogP contribution in [0.2, 0.25) is 0 Å². The molecule has 0 bridgehead atoms. The zero-order valence-electron chi connectivity index (χ0n) is 8.87. The molecule has 15 heavy (non-hydrogen) atoms. The number of para-hydroxylation sites is 1. The lowest BCUT2D eigenvalue weighted by molar-refractivity contribution is 0.556. The third-order valence-corrected chi connectivity index (χ3v) is 4.19. The Kier molecular flexibility index (Phi) is 1.41. The summed E-state index contributed by atoms with van der Waals surface area (Å²) in [4.78, 5) is 0. The van der Waals surface area contributed by atoms with Crippen LogP contribution in [-0.2, 0) is 13.0 Å². The molecule has 76 valence electrons. The molecular formula is C14H15N. The maximum Gasteiger partial charge on any atom is 0.0485 e. The van der Waals surface area contributed by atoms with Crippen LogP contribution in [0.3, 0.4) is 0 Å². The molecule has 0 amide bonds. The average molecular weight is 197 g/mol. The lowest BCUT2D eigenvalue weighted by Gasteiger charge is -2.17. The lowest BCUT2D eigenvalue weighted by Crippen LogP contribution is -2.05. The highest BCUT2D eigenvalue weighted by Crippen LogP contribution is 2.44.